The van der Waals surface area contributed by atoms with Crippen LogP contribution in [0.15, 0.2) is 5.38 Å². The molecule has 0 saturated carbocycles. The van der Waals surface area contributed by atoms with E-state index in [-0.39, 0.29) is 5.91 Å². The number of hydrogen-bond donors (Lipinski definition) is 0. The SMILES string of the molecule is Cc1csc(CN(C)C(=O)CC[C@@H](C)N2CCOCC2)n1. The number of nitrogens with zero attached hydrogens (tertiary/aromatic N) is 3. The van der Waals surface area contributed by atoms with Crippen molar-refractivity contribution in [3.8, 4) is 0 Å². The average molecular weight is 311 g/mol. The summed E-state index contributed by atoms with van der Waals surface area (Å²) in [5, 5.41) is 3.03. The predicted octanol–water partition coefficient (Wildman–Crippen LogP) is 1.91. The van der Waals surface area contributed by atoms with Crippen LogP contribution in [0.2, 0.25) is 0 Å². The summed E-state index contributed by atoms with van der Waals surface area (Å²) in [4.78, 5) is 20.8. The van der Waals surface area contributed by atoms with Gasteiger partial charge in [-0.3, -0.25) is 9.69 Å². The van der Waals surface area contributed by atoms with Crippen LogP contribution in [0, 0.1) is 6.92 Å². The van der Waals surface area contributed by atoms with E-state index in [1.54, 1.807) is 16.2 Å². The van der Waals surface area contributed by atoms with E-state index in [1.807, 2.05) is 19.4 Å². The van der Waals surface area contributed by atoms with Gasteiger partial charge >= 0.3 is 0 Å². The first kappa shape index (κ1) is 16.4. The van der Waals surface area contributed by atoms with Gasteiger partial charge in [-0.15, -0.1) is 11.3 Å². The Balaban J connectivity index is 1.72. The fourth-order valence-corrected chi connectivity index (χ4v) is 3.31. The Bertz CT molecular complexity index is 458. The quantitative estimate of drug-likeness (QED) is 0.805. The molecule has 2 rings (SSSR count). The van der Waals surface area contributed by atoms with Crippen molar-refractivity contribution in [3.05, 3.63) is 16.1 Å². The molecule has 1 aliphatic heterocycles. The smallest absolute Gasteiger partial charge is 0.222 e. The summed E-state index contributed by atoms with van der Waals surface area (Å²) in [7, 11) is 1.86. The van der Waals surface area contributed by atoms with Gasteiger partial charge in [0.2, 0.25) is 5.91 Å². The molecule has 6 heteroatoms. The van der Waals surface area contributed by atoms with Crippen LogP contribution in [0.1, 0.15) is 30.5 Å². The second-order valence-electron chi connectivity index (χ2n) is 5.67. The van der Waals surface area contributed by atoms with Crippen molar-refractivity contribution in [1.29, 1.82) is 0 Å². The van der Waals surface area contributed by atoms with Crippen molar-refractivity contribution in [3.63, 3.8) is 0 Å². The number of ether oxygens (including phenoxy) is 1. The molecule has 0 radical (unpaired) electrons. The highest BCUT2D eigenvalue weighted by Gasteiger charge is 2.19. The van der Waals surface area contributed by atoms with Crippen LogP contribution < -0.4 is 0 Å². The molecule has 1 saturated heterocycles. The molecule has 5 nitrogen and oxygen atoms in total. The molecule has 1 aromatic rings. The van der Waals surface area contributed by atoms with Gasteiger partial charge in [-0.1, -0.05) is 0 Å². The molecule has 1 atom stereocenters. The van der Waals surface area contributed by atoms with Crippen LogP contribution in [-0.2, 0) is 16.1 Å². The van der Waals surface area contributed by atoms with E-state index in [4.69, 9.17) is 4.74 Å². The number of thiazole rings is 1. The van der Waals surface area contributed by atoms with Crippen molar-refractivity contribution in [2.45, 2.75) is 39.3 Å². The van der Waals surface area contributed by atoms with Gasteiger partial charge in [0, 0.05) is 43.7 Å². The highest BCUT2D eigenvalue weighted by Crippen LogP contribution is 2.13. The lowest BCUT2D eigenvalue weighted by Crippen LogP contribution is -2.42. The molecular formula is C15H25N3O2S. The summed E-state index contributed by atoms with van der Waals surface area (Å²) in [6.07, 6.45) is 1.50. The maximum Gasteiger partial charge on any atom is 0.222 e. The Morgan fingerprint density at radius 3 is 2.86 bits per heavy atom. The second-order valence-corrected chi connectivity index (χ2v) is 6.61. The molecule has 1 amide bonds. The third-order valence-corrected chi connectivity index (χ3v) is 4.86. The number of aromatic nitrogens is 1. The van der Waals surface area contributed by atoms with E-state index in [1.165, 1.54) is 0 Å². The van der Waals surface area contributed by atoms with Gasteiger partial charge < -0.3 is 9.64 Å². The number of carbonyl (C=O) groups excluding carboxylic acids is 1. The molecule has 0 unspecified atom stereocenters. The van der Waals surface area contributed by atoms with Gasteiger partial charge in [-0.2, -0.15) is 0 Å². The Kier molecular flexibility index (Phi) is 6.14. The summed E-state index contributed by atoms with van der Waals surface area (Å²) in [6, 6.07) is 0.438. The first-order valence-corrected chi connectivity index (χ1v) is 8.41. The zero-order chi connectivity index (χ0) is 15.2. The molecule has 21 heavy (non-hydrogen) atoms. The summed E-state index contributed by atoms with van der Waals surface area (Å²) in [5.41, 5.74) is 1.02. The normalized spacial score (nSPS) is 17.7. The van der Waals surface area contributed by atoms with E-state index >= 15 is 0 Å². The number of aryl methyl sites for hydroxylation is 1. The number of hydrogen-bond acceptors (Lipinski definition) is 5. The monoisotopic (exact) mass is 311 g/mol. The standard InChI is InChI=1S/C15H25N3O2S/c1-12-11-21-14(16-12)10-17(3)15(19)5-4-13(2)18-6-8-20-9-7-18/h11,13H,4-10H2,1-3H3/t13-/m1/s1. The first-order valence-electron chi connectivity index (χ1n) is 7.53. The van der Waals surface area contributed by atoms with Crippen molar-refractivity contribution in [2.24, 2.45) is 0 Å². The largest absolute Gasteiger partial charge is 0.379 e. The molecule has 0 N–H and O–H groups in total. The van der Waals surface area contributed by atoms with Crippen LogP contribution in [0.3, 0.4) is 0 Å². The minimum atomic E-state index is 0.197. The minimum Gasteiger partial charge on any atom is -0.379 e. The number of carbonyl (C=O) groups is 1. The van der Waals surface area contributed by atoms with Crippen molar-refractivity contribution in [2.75, 3.05) is 33.4 Å². The third-order valence-electron chi connectivity index (χ3n) is 3.91. The molecule has 0 bridgehead atoms. The maximum atomic E-state index is 12.2. The highest BCUT2D eigenvalue weighted by molar-refractivity contribution is 7.09. The topological polar surface area (TPSA) is 45.7 Å². The lowest BCUT2D eigenvalue weighted by atomic mass is 10.1. The lowest BCUT2D eigenvalue weighted by molar-refractivity contribution is -0.130. The fourth-order valence-electron chi connectivity index (χ4n) is 2.49. The van der Waals surface area contributed by atoms with Crippen molar-refractivity contribution in [1.82, 2.24) is 14.8 Å². The Morgan fingerprint density at radius 2 is 2.24 bits per heavy atom. The highest BCUT2D eigenvalue weighted by atomic mass is 32.1. The van der Waals surface area contributed by atoms with Gasteiger partial charge in [0.05, 0.1) is 19.8 Å². The predicted molar refractivity (Wildman–Crippen MR) is 84.4 cm³/mol. The Labute approximate surface area is 130 Å². The molecule has 118 valence electrons. The van der Waals surface area contributed by atoms with Crippen LogP contribution in [-0.4, -0.2) is 60.1 Å². The van der Waals surface area contributed by atoms with Crippen molar-refractivity contribution < 1.29 is 9.53 Å². The Hall–Kier alpha value is -0.980. The van der Waals surface area contributed by atoms with Gasteiger partial charge in [0.1, 0.15) is 5.01 Å². The Morgan fingerprint density at radius 1 is 1.52 bits per heavy atom. The van der Waals surface area contributed by atoms with Gasteiger partial charge in [0.15, 0.2) is 0 Å². The van der Waals surface area contributed by atoms with Crippen LogP contribution in [0.4, 0.5) is 0 Å². The summed E-state index contributed by atoms with van der Waals surface area (Å²) in [6.45, 7) is 8.36. The molecule has 0 aliphatic carbocycles. The molecule has 1 aliphatic rings. The molecule has 1 aromatic heterocycles. The van der Waals surface area contributed by atoms with Gasteiger partial charge in [-0.05, 0) is 20.3 Å². The van der Waals surface area contributed by atoms with Crippen LogP contribution in [0.5, 0.6) is 0 Å². The van der Waals surface area contributed by atoms with E-state index in [0.717, 1.165) is 43.4 Å². The summed E-state index contributed by atoms with van der Waals surface area (Å²) < 4.78 is 5.36. The maximum absolute atomic E-state index is 12.2. The van der Waals surface area contributed by atoms with Crippen molar-refractivity contribution >= 4 is 17.2 Å². The van der Waals surface area contributed by atoms with Gasteiger partial charge in [0.25, 0.3) is 0 Å². The zero-order valence-electron chi connectivity index (χ0n) is 13.2. The second kappa shape index (κ2) is 7.87. The number of rotatable bonds is 6. The van der Waals surface area contributed by atoms with Crippen LogP contribution in [0.25, 0.3) is 0 Å². The zero-order valence-corrected chi connectivity index (χ0v) is 14.0. The number of amides is 1. The molecule has 0 aromatic carbocycles. The number of morpholine rings is 1. The average Bonchev–Trinajstić information content (AvgIpc) is 2.90. The first-order chi connectivity index (χ1) is 10.1. The summed E-state index contributed by atoms with van der Waals surface area (Å²) >= 11 is 1.62. The molecule has 1 fully saturated rings. The van der Waals surface area contributed by atoms with E-state index in [0.29, 0.717) is 19.0 Å². The molecule has 2 heterocycles. The third kappa shape index (κ3) is 5.05. The summed E-state index contributed by atoms with van der Waals surface area (Å²) in [5.74, 6) is 0.197. The molecule has 0 spiro atoms. The van der Waals surface area contributed by atoms with E-state index < -0.39 is 0 Å². The van der Waals surface area contributed by atoms with Gasteiger partial charge in [-0.25, -0.2) is 4.98 Å². The van der Waals surface area contributed by atoms with E-state index in [2.05, 4.69) is 16.8 Å². The van der Waals surface area contributed by atoms with E-state index in [9.17, 15) is 4.79 Å². The van der Waals surface area contributed by atoms with Crippen LogP contribution >= 0.6 is 11.3 Å². The fraction of sp³-hybridized carbons (Fsp3) is 0.733. The minimum absolute atomic E-state index is 0.197. The lowest BCUT2D eigenvalue weighted by Gasteiger charge is -2.32. The molecular weight excluding hydrogens is 286 g/mol.